The van der Waals surface area contributed by atoms with E-state index in [0.29, 0.717) is 17.3 Å². The number of nitrogens with zero attached hydrogens (tertiary/aromatic N) is 1. The number of hydrogen-bond donors (Lipinski definition) is 1. The Hall–Kier alpha value is -2.04. The summed E-state index contributed by atoms with van der Waals surface area (Å²) < 4.78 is 5.69. The van der Waals surface area contributed by atoms with E-state index in [0.717, 1.165) is 25.2 Å². The van der Waals surface area contributed by atoms with E-state index >= 15 is 0 Å². The molecule has 1 heterocycles. The van der Waals surface area contributed by atoms with E-state index in [9.17, 15) is 4.79 Å². The number of benzene rings is 2. The molecule has 1 amide bonds. The Bertz CT molecular complexity index is 759. The lowest BCUT2D eigenvalue weighted by Crippen LogP contribution is -2.36. The first kappa shape index (κ1) is 19.7. The van der Waals surface area contributed by atoms with Gasteiger partial charge in [-0.05, 0) is 56.1 Å². The largest absolute Gasteiger partial charge is 0.479 e. The van der Waals surface area contributed by atoms with Gasteiger partial charge >= 0.3 is 0 Å². The van der Waals surface area contributed by atoms with Crippen LogP contribution in [0, 0.1) is 0 Å². The van der Waals surface area contributed by atoms with Crippen LogP contribution in [0.3, 0.4) is 0 Å². The zero-order chi connectivity index (χ0) is 19.1. The van der Waals surface area contributed by atoms with Gasteiger partial charge in [0.1, 0.15) is 5.75 Å². The zero-order valence-electron chi connectivity index (χ0n) is 15.8. The number of ether oxygens (including phenoxy) is 1. The van der Waals surface area contributed by atoms with E-state index in [2.05, 4.69) is 28.4 Å². The van der Waals surface area contributed by atoms with Crippen molar-refractivity contribution in [1.29, 1.82) is 0 Å². The second-order valence-corrected chi connectivity index (χ2v) is 7.42. The van der Waals surface area contributed by atoms with Crippen LogP contribution >= 0.6 is 11.6 Å². The lowest BCUT2D eigenvalue weighted by Gasteiger charge is -2.27. The highest BCUT2D eigenvalue weighted by Crippen LogP contribution is 2.24. The first-order chi connectivity index (χ1) is 13.1. The number of amides is 1. The van der Waals surface area contributed by atoms with Gasteiger partial charge in [0.2, 0.25) is 0 Å². The second kappa shape index (κ2) is 9.77. The van der Waals surface area contributed by atoms with E-state index in [1.165, 1.54) is 24.8 Å². The number of carbonyl (C=O) groups is 1. The predicted molar refractivity (Wildman–Crippen MR) is 109 cm³/mol. The number of nitrogens with one attached hydrogen (secondary N) is 1. The topological polar surface area (TPSA) is 41.6 Å². The molecule has 0 spiro atoms. The number of likely N-dealkylation sites (tertiary alicyclic amines) is 1. The van der Waals surface area contributed by atoms with Gasteiger partial charge in [0, 0.05) is 13.1 Å². The summed E-state index contributed by atoms with van der Waals surface area (Å²) in [5, 5.41) is 3.49. The molecule has 2 aromatic rings. The lowest BCUT2D eigenvalue weighted by molar-refractivity contribution is -0.127. The minimum absolute atomic E-state index is 0.150. The van der Waals surface area contributed by atoms with E-state index in [4.69, 9.17) is 16.3 Å². The van der Waals surface area contributed by atoms with E-state index in [-0.39, 0.29) is 5.91 Å². The molecule has 4 nitrogen and oxygen atoms in total. The summed E-state index contributed by atoms with van der Waals surface area (Å²) in [5.74, 6) is 0.370. The van der Waals surface area contributed by atoms with Crippen LogP contribution in [0.2, 0.25) is 5.02 Å². The number of rotatable bonds is 7. The third-order valence-electron chi connectivity index (χ3n) is 4.92. The smallest absolute Gasteiger partial charge is 0.261 e. The van der Waals surface area contributed by atoms with Crippen molar-refractivity contribution in [2.45, 2.75) is 45.4 Å². The standard InChI is InChI=1S/C22H27ClN2O2/c1-17(27-21-12-6-5-11-20(21)23)22(26)24-15-18-9-3-4-10-19(18)16-25-13-7-2-8-14-25/h3-6,9-12,17H,2,7-8,13-16H2,1H3,(H,24,26). The molecular weight excluding hydrogens is 360 g/mol. The fourth-order valence-electron chi connectivity index (χ4n) is 3.35. The second-order valence-electron chi connectivity index (χ2n) is 7.01. The van der Waals surface area contributed by atoms with Crippen LogP contribution in [0.15, 0.2) is 48.5 Å². The fraction of sp³-hybridized carbons (Fsp3) is 0.409. The number of carbonyl (C=O) groups excluding carboxylic acids is 1. The van der Waals surface area contributed by atoms with Crippen LogP contribution in [-0.2, 0) is 17.9 Å². The van der Waals surface area contributed by atoms with Crippen LogP contribution in [0.4, 0.5) is 0 Å². The Labute approximate surface area is 166 Å². The molecule has 5 heteroatoms. The molecule has 27 heavy (non-hydrogen) atoms. The average Bonchev–Trinajstić information content (AvgIpc) is 2.69. The van der Waals surface area contributed by atoms with Gasteiger partial charge in [0.25, 0.3) is 5.91 Å². The van der Waals surface area contributed by atoms with Gasteiger partial charge in [-0.25, -0.2) is 0 Å². The van der Waals surface area contributed by atoms with E-state index < -0.39 is 6.10 Å². The molecular formula is C22H27ClN2O2. The van der Waals surface area contributed by atoms with Crippen molar-refractivity contribution in [2.75, 3.05) is 13.1 Å². The van der Waals surface area contributed by atoms with Gasteiger partial charge in [-0.3, -0.25) is 9.69 Å². The van der Waals surface area contributed by atoms with Crippen LogP contribution in [-0.4, -0.2) is 30.0 Å². The van der Waals surface area contributed by atoms with Crippen molar-refractivity contribution in [2.24, 2.45) is 0 Å². The highest BCUT2D eigenvalue weighted by molar-refractivity contribution is 6.32. The van der Waals surface area contributed by atoms with Crippen LogP contribution in [0.1, 0.15) is 37.3 Å². The first-order valence-electron chi connectivity index (χ1n) is 9.61. The summed E-state index contributed by atoms with van der Waals surface area (Å²) in [5.41, 5.74) is 2.43. The van der Waals surface area contributed by atoms with Gasteiger partial charge in [0.05, 0.1) is 5.02 Å². The molecule has 0 aliphatic carbocycles. The van der Waals surface area contributed by atoms with Gasteiger partial charge in [0.15, 0.2) is 6.10 Å². The molecule has 0 aromatic heterocycles. The Balaban J connectivity index is 1.56. The Kier molecular flexibility index (Phi) is 7.13. The molecule has 2 aromatic carbocycles. The Morgan fingerprint density at radius 1 is 1.07 bits per heavy atom. The molecule has 0 saturated carbocycles. The van der Waals surface area contributed by atoms with Crippen LogP contribution in [0.5, 0.6) is 5.75 Å². The van der Waals surface area contributed by atoms with Gasteiger partial charge in [-0.15, -0.1) is 0 Å². The van der Waals surface area contributed by atoms with Crippen molar-refractivity contribution in [1.82, 2.24) is 10.2 Å². The highest BCUT2D eigenvalue weighted by atomic mass is 35.5. The molecule has 3 rings (SSSR count). The fourth-order valence-corrected chi connectivity index (χ4v) is 3.53. The Morgan fingerprint density at radius 3 is 2.48 bits per heavy atom. The van der Waals surface area contributed by atoms with Crippen LogP contribution < -0.4 is 10.1 Å². The monoisotopic (exact) mass is 386 g/mol. The predicted octanol–water partition coefficient (Wildman–Crippen LogP) is 4.41. The highest BCUT2D eigenvalue weighted by Gasteiger charge is 2.17. The van der Waals surface area contributed by atoms with Crippen molar-refractivity contribution in [3.63, 3.8) is 0 Å². The van der Waals surface area contributed by atoms with E-state index in [1.54, 1.807) is 19.1 Å². The summed E-state index contributed by atoms with van der Waals surface area (Å²) in [6, 6.07) is 15.5. The van der Waals surface area contributed by atoms with E-state index in [1.807, 2.05) is 18.2 Å². The summed E-state index contributed by atoms with van der Waals surface area (Å²) in [6.45, 7) is 5.49. The summed E-state index contributed by atoms with van der Waals surface area (Å²) in [4.78, 5) is 14.9. The molecule has 1 N–H and O–H groups in total. The molecule has 1 aliphatic rings. The maximum absolute atomic E-state index is 12.4. The lowest BCUT2D eigenvalue weighted by atomic mass is 10.0. The molecule has 144 valence electrons. The maximum atomic E-state index is 12.4. The molecule has 1 fully saturated rings. The van der Waals surface area contributed by atoms with Crippen molar-refractivity contribution >= 4 is 17.5 Å². The molecule has 1 saturated heterocycles. The van der Waals surface area contributed by atoms with Crippen LogP contribution in [0.25, 0.3) is 0 Å². The average molecular weight is 387 g/mol. The third-order valence-corrected chi connectivity index (χ3v) is 5.24. The maximum Gasteiger partial charge on any atom is 0.261 e. The molecule has 1 aliphatic heterocycles. The van der Waals surface area contributed by atoms with Crippen molar-refractivity contribution < 1.29 is 9.53 Å². The molecule has 1 atom stereocenters. The molecule has 0 bridgehead atoms. The minimum atomic E-state index is -0.612. The van der Waals surface area contributed by atoms with Gasteiger partial charge in [-0.1, -0.05) is 54.4 Å². The summed E-state index contributed by atoms with van der Waals surface area (Å²) >= 11 is 6.10. The summed E-state index contributed by atoms with van der Waals surface area (Å²) in [7, 11) is 0. The SMILES string of the molecule is CC(Oc1ccccc1Cl)C(=O)NCc1ccccc1CN1CCCCC1. The first-order valence-corrected chi connectivity index (χ1v) is 9.99. The normalized spacial score (nSPS) is 15.9. The number of hydrogen-bond acceptors (Lipinski definition) is 3. The summed E-state index contributed by atoms with van der Waals surface area (Å²) in [6.07, 6.45) is 3.27. The minimum Gasteiger partial charge on any atom is -0.479 e. The molecule has 1 unspecified atom stereocenters. The number of para-hydroxylation sites is 1. The quantitative estimate of drug-likeness (QED) is 0.766. The third kappa shape index (κ3) is 5.72. The van der Waals surface area contributed by atoms with Crippen molar-refractivity contribution in [3.05, 3.63) is 64.7 Å². The zero-order valence-corrected chi connectivity index (χ0v) is 16.5. The number of piperidine rings is 1. The van der Waals surface area contributed by atoms with Gasteiger partial charge < -0.3 is 10.1 Å². The molecule has 0 radical (unpaired) electrons. The Morgan fingerprint density at radius 2 is 1.74 bits per heavy atom. The number of halogens is 1. The van der Waals surface area contributed by atoms with Crippen molar-refractivity contribution in [3.8, 4) is 5.75 Å². The van der Waals surface area contributed by atoms with Gasteiger partial charge in [-0.2, -0.15) is 0 Å².